The van der Waals surface area contributed by atoms with Crippen LogP contribution in [-0.2, 0) is 6.54 Å². The van der Waals surface area contributed by atoms with Gasteiger partial charge in [0.1, 0.15) is 0 Å². The number of carbonyl (C=O) groups is 1. The minimum Gasteiger partial charge on any atom is -0.332 e. The van der Waals surface area contributed by atoms with E-state index < -0.39 is 0 Å². The number of urea groups is 1. The number of amides is 2. The molecular weight excluding hydrogens is 350 g/mol. The molecule has 2 aromatic heterocycles. The Labute approximate surface area is 165 Å². The van der Waals surface area contributed by atoms with Gasteiger partial charge in [-0.15, -0.1) is 0 Å². The molecule has 0 atom stereocenters. The molecule has 0 aliphatic heterocycles. The maximum Gasteiger partial charge on any atom is 0.319 e. The molecule has 0 radical (unpaired) electrons. The molecule has 2 heterocycles. The van der Waals surface area contributed by atoms with Gasteiger partial charge >= 0.3 is 6.03 Å². The number of aryl methyl sites for hydroxylation is 1. The number of anilines is 1. The van der Waals surface area contributed by atoms with Gasteiger partial charge in [0, 0.05) is 23.6 Å². The van der Waals surface area contributed by atoms with Gasteiger partial charge in [-0.2, -0.15) is 5.10 Å². The fourth-order valence-electron chi connectivity index (χ4n) is 3.68. The van der Waals surface area contributed by atoms with E-state index in [1.807, 2.05) is 43.3 Å². The number of hydrogen-bond donors (Lipinski definition) is 2. The Morgan fingerprint density at radius 3 is 2.54 bits per heavy atom. The Morgan fingerprint density at radius 1 is 1.11 bits per heavy atom. The summed E-state index contributed by atoms with van der Waals surface area (Å²) in [5.74, 6) is 0. The molecule has 2 amide bonds. The van der Waals surface area contributed by atoms with Gasteiger partial charge in [-0.1, -0.05) is 30.5 Å². The zero-order chi connectivity index (χ0) is 19.3. The van der Waals surface area contributed by atoms with Gasteiger partial charge in [0.05, 0.1) is 24.0 Å². The van der Waals surface area contributed by atoms with E-state index in [0.29, 0.717) is 12.6 Å². The topological polar surface area (TPSA) is 71.8 Å². The highest BCUT2D eigenvalue weighted by Gasteiger charge is 2.22. The second kappa shape index (κ2) is 8.25. The van der Waals surface area contributed by atoms with Crippen molar-refractivity contribution in [2.75, 3.05) is 5.32 Å². The predicted molar refractivity (Wildman–Crippen MR) is 110 cm³/mol. The predicted octanol–water partition coefficient (Wildman–Crippen LogP) is 4.69. The van der Waals surface area contributed by atoms with Crippen LogP contribution in [0.1, 0.15) is 43.0 Å². The molecule has 4 rings (SSSR count). The number of nitrogens with one attached hydrogen (secondary N) is 2. The summed E-state index contributed by atoms with van der Waals surface area (Å²) in [4.78, 5) is 16.3. The van der Waals surface area contributed by atoms with E-state index in [4.69, 9.17) is 5.10 Å². The molecule has 1 aliphatic rings. The number of carbonyl (C=O) groups excluding carboxylic acids is 1. The van der Waals surface area contributed by atoms with Crippen LogP contribution in [0.3, 0.4) is 0 Å². The molecule has 0 unspecified atom stereocenters. The lowest BCUT2D eigenvalue weighted by Gasteiger charge is -2.14. The Balaban J connectivity index is 1.47. The molecule has 3 aromatic rings. The number of nitrogens with zero attached hydrogens (tertiary/aromatic N) is 3. The summed E-state index contributed by atoms with van der Waals surface area (Å²) in [5, 5.41) is 10.6. The van der Waals surface area contributed by atoms with Crippen LogP contribution in [0.5, 0.6) is 0 Å². The Morgan fingerprint density at radius 2 is 1.82 bits per heavy atom. The van der Waals surface area contributed by atoms with Crippen LogP contribution in [0, 0.1) is 6.92 Å². The second-order valence-electron chi connectivity index (χ2n) is 7.31. The highest BCUT2D eigenvalue weighted by atomic mass is 16.2. The van der Waals surface area contributed by atoms with Crippen LogP contribution in [0.2, 0.25) is 0 Å². The fourth-order valence-corrected chi connectivity index (χ4v) is 3.68. The van der Waals surface area contributed by atoms with Crippen LogP contribution < -0.4 is 10.6 Å². The van der Waals surface area contributed by atoms with E-state index in [-0.39, 0.29) is 6.03 Å². The molecule has 144 valence electrons. The van der Waals surface area contributed by atoms with E-state index in [0.717, 1.165) is 41.0 Å². The third kappa shape index (κ3) is 4.22. The summed E-state index contributed by atoms with van der Waals surface area (Å²) in [6.45, 7) is 2.40. The summed E-state index contributed by atoms with van der Waals surface area (Å²) in [5.41, 5.74) is 4.98. The molecule has 6 heteroatoms. The van der Waals surface area contributed by atoms with Gasteiger partial charge in [-0.3, -0.25) is 9.67 Å². The van der Waals surface area contributed by atoms with Crippen molar-refractivity contribution in [3.05, 3.63) is 66.1 Å². The van der Waals surface area contributed by atoms with Crippen LogP contribution in [0.15, 0.2) is 54.9 Å². The molecule has 28 heavy (non-hydrogen) atoms. The first-order valence-electron chi connectivity index (χ1n) is 9.79. The lowest BCUT2D eigenvalue weighted by molar-refractivity contribution is 0.251. The van der Waals surface area contributed by atoms with Crippen molar-refractivity contribution >= 4 is 11.7 Å². The largest absolute Gasteiger partial charge is 0.332 e. The SMILES string of the molecule is Cc1ccc(NC(=O)NCc2cc(-c3ccncc3)n(C3CCCC3)n2)cc1. The van der Waals surface area contributed by atoms with Gasteiger partial charge in [0.2, 0.25) is 0 Å². The van der Waals surface area contributed by atoms with Gasteiger partial charge < -0.3 is 10.6 Å². The molecule has 0 spiro atoms. The first-order chi connectivity index (χ1) is 13.7. The normalized spacial score (nSPS) is 14.2. The zero-order valence-corrected chi connectivity index (χ0v) is 16.1. The Bertz CT molecular complexity index is 927. The van der Waals surface area contributed by atoms with E-state index in [1.165, 1.54) is 12.8 Å². The monoisotopic (exact) mass is 375 g/mol. The number of pyridine rings is 1. The van der Waals surface area contributed by atoms with Gasteiger partial charge in [0.25, 0.3) is 0 Å². The zero-order valence-electron chi connectivity index (χ0n) is 16.1. The van der Waals surface area contributed by atoms with E-state index >= 15 is 0 Å². The summed E-state index contributed by atoms with van der Waals surface area (Å²) in [6, 6.07) is 14.0. The standard InChI is InChI=1S/C22H25N5O/c1-16-6-8-18(9-7-16)25-22(28)24-15-19-14-21(17-10-12-23-13-11-17)27(26-19)20-4-2-3-5-20/h6-14,20H,2-5,15H2,1H3,(H2,24,25,28). The smallest absolute Gasteiger partial charge is 0.319 e. The Kier molecular flexibility index (Phi) is 5.37. The van der Waals surface area contributed by atoms with E-state index in [9.17, 15) is 4.79 Å². The molecule has 1 aliphatic carbocycles. The average Bonchev–Trinajstić information content (AvgIpc) is 3.38. The van der Waals surface area contributed by atoms with Gasteiger partial charge in [-0.25, -0.2) is 4.79 Å². The minimum atomic E-state index is -0.232. The fraction of sp³-hybridized carbons (Fsp3) is 0.318. The first-order valence-corrected chi connectivity index (χ1v) is 9.79. The number of aromatic nitrogens is 3. The minimum absolute atomic E-state index is 0.232. The molecule has 1 fully saturated rings. The quantitative estimate of drug-likeness (QED) is 0.679. The van der Waals surface area contributed by atoms with Crippen LogP contribution >= 0.6 is 0 Å². The summed E-state index contributed by atoms with van der Waals surface area (Å²) < 4.78 is 2.14. The van der Waals surface area contributed by atoms with Crippen LogP contribution in [0.25, 0.3) is 11.3 Å². The van der Waals surface area contributed by atoms with Crippen LogP contribution in [0.4, 0.5) is 10.5 Å². The molecule has 0 bridgehead atoms. The molecule has 6 nitrogen and oxygen atoms in total. The second-order valence-corrected chi connectivity index (χ2v) is 7.31. The maximum atomic E-state index is 12.2. The molecule has 1 aromatic carbocycles. The lowest BCUT2D eigenvalue weighted by Crippen LogP contribution is -2.28. The first kappa shape index (κ1) is 18.2. The maximum absolute atomic E-state index is 12.2. The number of benzene rings is 1. The molecule has 1 saturated carbocycles. The highest BCUT2D eigenvalue weighted by Crippen LogP contribution is 2.33. The van der Waals surface area contributed by atoms with Gasteiger partial charge in [0.15, 0.2) is 0 Å². The van der Waals surface area contributed by atoms with Crippen molar-refractivity contribution in [2.24, 2.45) is 0 Å². The third-order valence-corrected chi connectivity index (χ3v) is 5.17. The summed E-state index contributed by atoms with van der Waals surface area (Å²) in [6.07, 6.45) is 8.39. The van der Waals surface area contributed by atoms with E-state index in [1.54, 1.807) is 12.4 Å². The van der Waals surface area contributed by atoms with Crippen LogP contribution in [-0.4, -0.2) is 20.8 Å². The van der Waals surface area contributed by atoms with Crippen molar-refractivity contribution in [2.45, 2.75) is 45.2 Å². The molecule has 0 saturated heterocycles. The lowest BCUT2D eigenvalue weighted by atomic mass is 10.1. The molecular formula is C22H25N5O. The van der Waals surface area contributed by atoms with Crippen molar-refractivity contribution in [1.29, 1.82) is 0 Å². The van der Waals surface area contributed by atoms with Gasteiger partial charge in [-0.05, 0) is 50.1 Å². The molecule has 2 N–H and O–H groups in total. The van der Waals surface area contributed by atoms with Crippen molar-refractivity contribution in [3.8, 4) is 11.3 Å². The van der Waals surface area contributed by atoms with Crippen molar-refractivity contribution in [3.63, 3.8) is 0 Å². The highest BCUT2D eigenvalue weighted by molar-refractivity contribution is 5.89. The summed E-state index contributed by atoms with van der Waals surface area (Å²) >= 11 is 0. The van der Waals surface area contributed by atoms with Crippen molar-refractivity contribution < 1.29 is 4.79 Å². The van der Waals surface area contributed by atoms with E-state index in [2.05, 4.69) is 26.4 Å². The average molecular weight is 375 g/mol. The summed E-state index contributed by atoms with van der Waals surface area (Å²) in [7, 11) is 0. The number of rotatable bonds is 5. The van der Waals surface area contributed by atoms with Crippen molar-refractivity contribution in [1.82, 2.24) is 20.1 Å². The third-order valence-electron chi connectivity index (χ3n) is 5.17. The Hall–Kier alpha value is -3.15. The number of hydrogen-bond acceptors (Lipinski definition) is 3.